The molecule has 5 aromatic carbocycles. The van der Waals surface area contributed by atoms with Crippen molar-refractivity contribution in [2.75, 3.05) is 60.8 Å². The number of amidine groups is 1. The van der Waals surface area contributed by atoms with Crippen LogP contribution in [0.4, 0.5) is 26.7 Å². The third-order valence-corrected chi connectivity index (χ3v) is 29.8. The number of nitrogens with zero attached hydrogens (tertiary/aromatic N) is 4. The largest absolute Gasteiger partial charge is 1.00 e. The summed E-state index contributed by atoms with van der Waals surface area (Å²) in [4.78, 5) is 111. The molecule has 676 valence electrons. The molecule has 2 saturated heterocycles. The predicted octanol–water partition coefficient (Wildman–Crippen LogP) is 6.06. The number of hydrogen-bond acceptors (Lipinski definition) is 21. The van der Waals surface area contributed by atoms with E-state index in [2.05, 4.69) is 59.5 Å². The number of benzene rings is 5. The van der Waals surface area contributed by atoms with Crippen LogP contribution in [-0.2, 0) is 112 Å². The number of guanidine groups is 1. The number of nitrogens with one attached hydrogen (secondary N) is 4. The van der Waals surface area contributed by atoms with Crippen molar-refractivity contribution in [3.63, 3.8) is 0 Å². The van der Waals surface area contributed by atoms with E-state index in [1.807, 2.05) is 11.2 Å². The molecule has 4 aliphatic heterocycles. The van der Waals surface area contributed by atoms with E-state index in [4.69, 9.17) is 61.5 Å². The number of urea groups is 1. The third-order valence-electron chi connectivity index (χ3n) is 28.9. The number of thiocarbonyl (C=S) groups is 1. The maximum Gasteiger partial charge on any atom is 1.00 e. The zero-order valence-corrected chi connectivity index (χ0v) is 85.5. The van der Waals surface area contributed by atoms with Gasteiger partial charge in [0.2, 0.25) is 6.41 Å². The van der Waals surface area contributed by atoms with Gasteiger partial charge in [0.25, 0.3) is 30.1 Å². The first-order chi connectivity index (χ1) is 58.4. The van der Waals surface area contributed by atoms with Gasteiger partial charge < -0.3 is 68.8 Å². The molecule has 0 radical (unpaired) electrons. The van der Waals surface area contributed by atoms with Crippen LogP contribution in [0.2, 0.25) is 0 Å². The van der Waals surface area contributed by atoms with Crippen LogP contribution < -0.4 is 147 Å². The number of methoxy groups -OCH3 is 5. The van der Waals surface area contributed by atoms with E-state index in [0.717, 1.165) is 189 Å². The number of aliphatic imine (C=N–C) groups is 2. The topological polar surface area (TPSA) is 381 Å². The molecular weight excluding hydrogens is 1950 g/mol. The van der Waals surface area contributed by atoms with Crippen molar-refractivity contribution >= 4 is 135 Å². The van der Waals surface area contributed by atoms with Crippen LogP contribution in [0, 0.1) is 56.2 Å². The average Bonchev–Trinajstić information content (AvgIpc) is 1.54. The number of primary amides is 1. The minimum Gasteiger partial charge on any atom is -1.00 e. The molecule has 10 aliphatic carbocycles. The number of hydrogen-bond donors (Lipinski definition) is 7. The van der Waals surface area contributed by atoms with Gasteiger partial charge in [-0.15, -0.1) is 24.0 Å². The number of fused-ring (bicyclic) bond motifs is 13. The molecule has 37 heteroatoms. The molecule has 26 nitrogen and oxygen atoms in total. The number of carbonyl (C=O) groups is 8. The predicted molar refractivity (Wildman–Crippen MR) is 478 cm³/mol. The first-order valence-electron chi connectivity index (χ1n) is 41.1. The van der Waals surface area contributed by atoms with Gasteiger partial charge in [0.05, 0.1) is 30.5 Å². The fraction of sp³-hybridized carbons (Fsp3) is 0.539. The first-order valence-corrected chi connectivity index (χ1v) is 44.9. The van der Waals surface area contributed by atoms with Gasteiger partial charge in [0.1, 0.15) is 29.1 Å². The monoisotopic (exact) mass is 2070 g/mol. The van der Waals surface area contributed by atoms with Gasteiger partial charge in [0, 0.05) is 82.3 Å². The van der Waals surface area contributed by atoms with Crippen molar-refractivity contribution in [2.45, 2.75) is 213 Å². The van der Waals surface area contributed by atoms with E-state index < -0.39 is 33.6 Å². The summed E-state index contributed by atoms with van der Waals surface area (Å²) in [5.74, 6) is -1.38. The number of thioether (sulfide) groups is 1. The summed E-state index contributed by atoms with van der Waals surface area (Å²) in [7, 11) is 12.1. The Morgan fingerprint density at radius 2 is 0.810 bits per heavy atom. The van der Waals surface area contributed by atoms with Gasteiger partial charge in [-0.05, 0) is 301 Å². The van der Waals surface area contributed by atoms with Crippen molar-refractivity contribution in [3.05, 3.63) is 176 Å². The average molecular weight is 2070 g/mol. The standard InChI is InChI=1S/C19H23FN2O2S.C18H22FN3O2.C17H19FN2O3.C17H19FN2O2S.C15H17FO2.CH3I.CH3NO.CH2O3.HI.2K.H3N.H/c1-22-16(23)19(21-17(22)25-3)15-5-4-13(20)10-12(15)11-18(19)8-6-14(24-2)7-9-18;1-22-15(23)18(21-16(22)20)14-4-3-12(19)9-11(14)10-17(18)7-5-13(24-2)6-8-17;1-23-12-4-6-16(7-5-12)9-10-8-11(18)2-3-13(10)17(16)14(21)19-15(22)20-17;1-22-12-4-6-16(7-5-12)9-10-8-11(18)2-3-13(10)17(16)14(21)19-15(23)20-17;1-18-12-4-6-15(7-5-12)9-10-8-11(16)2-3-13(10)14(15)17;1-2;2-1-3;2-1-4-3;;;;;/h4-5,10,14H,6-9,11H2,1-3H3;3-4,9,13H,5-8,10H2,1-2H3,(H2,20,21);2-3,8,12H,4-7,9H2,1H3,(H2,19,20,21,22);2-3,8,12H,4-7,9H2,1H3,(H2,19,20,21,23);2-3,8,12H,4-7,9H2,1H3;1H3;1H,(H2,2,3);1,3H;1H;;;1H3;/q;;;;;;;;;2*+1;;-1/p-1. The van der Waals surface area contributed by atoms with Gasteiger partial charge in [0.15, 0.2) is 44.2 Å². The fourth-order valence-electron chi connectivity index (χ4n) is 23.0. The number of nitrogens with two attached hydrogens (primary N) is 2. The minimum atomic E-state index is -1.08. The fourth-order valence-corrected chi connectivity index (χ4v) is 23.9. The van der Waals surface area contributed by atoms with Crippen LogP contribution in [0.1, 0.15) is 190 Å². The van der Waals surface area contributed by atoms with E-state index in [-0.39, 0.29) is 264 Å². The van der Waals surface area contributed by atoms with Gasteiger partial charge in [-0.2, -0.15) is 0 Å². The molecule has 9 spiro atoms. The van der Waals surface area contributed by atoms with E-state index in [1.54, 1.807) is 103 Å². The molecule has 4 atom stereocenters. The number of rotatable bonds is 6. The van der Waals surface area contributed by atoms with Crippen molar-refractivity contribution in [3.8, 4) is 0 Å². The van der Waals surface area contributed by atoms with Crippen LogP contribution in [0.15, 0.2) is 101 Å². The van der Waals surface area contributed by atoms with Gasteiger partial charge in [-0.25, -0.2) is 36.7 Å². The number of alkyl halides is 1. The Kier molecular flexibility index (Phi) is 37.4. The summed E-state index contributed by atoms with van der Waals surface area (Å²) in [5.41, 5.74) is 13.2. The number of imide groups is 1. The zero-order chi connectivity index (χ0) is 88.3. The summed E-state index contributed by atoms with van der Waals surface area (Å²) in [6.45, 7) is -0.181. The maximum absolute atomic E-state index is 13.9. The maximum atomic E-state index is 13.9. The van der Waals surface area contributed by atoms with E-state index in [1.165, 1.54) is 59.1 Å². The second-order valence-corrected chi connectivity index (χ2v) is 35.3. The van der Waals surface area contributed by atoms with E-state index in [0.29, 0.717) is 37.2 Å². The third kappa shape index (κ3) is 19.1. The van der Waals surface area contributed by atoms with E-state index in [9.17, 15) is 50.7 Å². The number of amides is 7. The SMILES string of the molecule is CI.COC1CCC2(CC1)Cc1cc(F)ccc1C21N=C(N)N(C)C1=O.COC1CCC2(CC1)Cc1cc(F)ccc1C21N=C(SC)N(C)C1=O.COC1CCC2(CC1)Cc1cc(F)ccc1C21NC(=O)NC1=O.COC1CCC2(CC1)Cc1cc(F)ccc1C21NC(=S)NC1=O.COC1CCC2(CC1)Cc1cc(F)ccc1C2=O.I.N.NC=O.O=CO[O-].[H-].[K+].[K+]. The molecule has 5 aromatic rings. The molecule has 19 rings (SSSR count). The molecule has 11 N–H and O–H groups in total. The van der Waals surface area contributed by atoms with Crippen LogP contribution >= 0.6 is 70.5 Å². The summed E-state index contributed by atoms with van der Waals surface area (Å²) >= 11 is 8.86. The van der Waals surface area contributed by atoms with Crippen molar-refractivity contribution < 1.29 is 198 Å². The molecule has 5 saturated carbocycles. The molecule has 14 aliphatic rings. The Bertz CT molecular complexity index is 4810. The number of halogens is 7. The molecule has 126 heavy (non-hydrogen) atoms. The molecular formula is C89H112F5I2K2N11O15S2. The Balaban J connectivity index is 0.000000211. The Morgan fingerprint density at radius 3 is 1.13 bits per heavy atom. The Hall–Kier alpha value is -4.46. The Morgan fingerprint density at radius 1 is 0.500 bits per heavy atom. The molecule has 0 aromatic heterocycles. The first kappa shape index (κ1) is 107. The van der Waals surface area contributed by atoms with E-state index >= 15 is 0 Å². The normalized spacial score (nSPS) is 31.1. The molecule has 0 bridgehead atoms. The summed E-state index contributed by atoms with van der Waals surface area (Å²) in [6.07, 6.45) is 23.9. The summed E-state index contributed by atoms with van der Waals surface area (Å²) < 4.78 is 95.6. The number of likely N-dealkylation sites (N-methyl/N-ethyl adjacent to an activating group) is 2. The number of Topliss-reactive ketones (excluding diaryl/α,β-unsaturated/α-hetero) is 1. The second-order valence-electron chi connectivity index (χ2n) is 34.2. The van der Waals surface area contributed by atoms with Crippen LogP contribution in [-0.4, -0.2) is 166 Å². The van der Waals surface area contributed by atoms with Crippen molar-refractivity contribution in [1.82, 2.24) is 37.2 Å². The van der Waals surface area contributed by atoms with Crippen molar-refractivity contribution in [2.24, 2.45) is 48.5 Å². The van der Waals surface area contributed by atoms with Gasteiger partial charge in [-0.3, -0.25) is 48.7 Å². The number of ketones is 1. The number of carbonyl (C=O) groups excluding carboxylic acids is 8. The summed E-state index contributed by atoms with van der Waals surface area (Å²) in [5, 5.41) is 20.8. The second kappa shape index (κ2) is 44.1. The summed E-state index contributed by atoms with van der Waals surface area (Å²) in [6, 6.07) is 22.8. The van der Waals surface area contributed by atoms with Crippen LogP contribution in [0.25, 0.3) is 0 Å². The minimum absolute atomic E-state index is 0. The van der Waals surface area contributed by atoms with Gasteiger partial charge in [-0.1, -0.05) is 58.6 Å². The number of ether oxygens (including phenoxy) is 5. The molecule has 7 amide bonds. The quantitative estimate of drug-likeness (QED) is 0.0117. The molecule has 4 heterocycles. The molecule has 7 fully saturated rings. The zero-order valence-electron chi connectivity index (χ0n) is 74.1. The van der Waals surface area contributed by atoms with Gasteiger partial charge >= 0.3 is 109 Å². The van der Waals surface area contributed by atoms with Crippen molar-refractivity contribution in [1.29, 1.82) is 0 Å². The van der Waals surface area contributed by atoms with Crippen LogP contribution in [0.5, 0.6) is 0 Å². The Labute approximate surface area is 858 Å². The molecule has 4 unspecified atom stereocenters. The van der Waals surface area contributed by atoms with Crippen LogP contribution in [0.3, 0.4) is 0 Å². The smallest absolute Gasteiger partial charge is 1.00 e.